The molecule has 0 unspecified atom stereocenters. The van der Waals surface area contributed by atoms with E-state index in [4.69, 9.17) is 24.1 Å². The lowest BCUT2D eigenvalue weighted by atomic mass is 9.81. The zero-order valence-corrected chi connectivity index (χ0v) is 43.1. The Morgan fingerprint density at radius 3 is 1.44 bits per heavy atom. The summed E-state index contributed by atoms with van der Waals surface area (Å²) in [6, 6.07) is -2.57. The van der Waals surface area contributed by atoms with Gasteiger partial charge in [-0.05, 0) is 64.2 Å². The third kappa shape index (κ3) is 38.9. The average molecular weight is 1030 g/mol. The van der Waals surface area contributed by atoms with Crippen LogP contribution in [0.25, 0.3) is 0 Å². The molecule has 2 atom stereocenters. The first-order valence-corrected chi connectivity index (χ1v) is 26.6. The predicted molar refractivity (Wildman–Crippen MR) is 267 cm³/mol. The number of carboxylic acid groups (broad SMARTS) is 3. The van der Waals surface area contributed by atoms with Gasteiger partial charge in [0.15, 0.2) is 5.78 Å². The Balaban J connectivity index is 2.20. The summed E-state index contributed by atoms with van der Waals surface area (Å²) < 4.78 is 21.0. The minimum Gasteiger partial charge on any atom is -0.481 e. The molecule has 0 bridgehead atoms. The minimum absolute atomic E-state index is 0.0229. The second kappa shape index (κ2) is 43.8. The third-order valence-electron chi connectivity index (χ3n) is 12.3. The smallest absolute Gasteiger partial charge is 0.326 e. The summed E-state index contributed by atoms with van der Waals surface area (Å²) in [5.74, 6) is -5.55. The van der Waals surface area contributed by atoms with Crippen LogP contribution >= 0.6 is 0 Å². The van der Waals surface area contributed by atoms with Crippen LogP contribution in [-0.2, 0) is 62.1 Å². The molecule has 0 aliphatic heterocycles. The summed E-state index contributed by atoms with van der Waals surface area (Å²) in [6.07, 6.45) is 20.5. The normalized spacial score (nSPS) is 15.2. The Kier molecular flexibility index (Phi) is 39.7. The van der Waals surface area contributed by atoms with Gasteiger partial charge in [0.1, 0.15) is 25.3 Å². The summed E-state index contributed by atoms with van der Waals surface area (Å²) in [6.45, 7) is 3.15. The summed E-state index contributed by atoms with van der Waals surface area (Å²) in [5.41, 5.74) is 0. The maximum atomic E-state index is 13.1. The molecule has 0 aromatic carbocycles. The van der Waals surface area contributed by atoms with E-state index in [1.54, 1.807) is 0 Å². The van der Waals surface area contributed by atoms with Gasteiger partial charge in [-0.25, -0.2) is 4.79 Å². The first-order valence-electron chi connectivity index (χ1n) is 26.6. The van der Waals surface area contributed by atoms with Crippen molar-refractivity contribution in [2.75, 3.05) is 72.5 Å². The Morgan fingerprint density at radius 2 is 0.931 bits per heavy atom. The van der Waals surface area contributed by atoms with Crippen molar-refractivity contribution in [3.05, 3.63) is 0 Å². The molecule has 1 saturated carbocycles. The lowest BCUT2D eigenvalue weighted by molar-refractivity contribution is -0.143. The number of Topliss-reactive ketones (excluding diaryl/α,β-unsaturated/α-hetero) is 1. The van der Waals surface area contributed by atoms with Crippen LogP contribution in [0.1, 0.15) is 174 Å². The largest absolute Gasteiger partial charge is 0.481 e. The van der Waals surface area contributed by atoms with Crippen LogP contribution in [-0.4, -0.2) is 153 Å². The van der Waals surface area contributed by atoms with Crippen molar-refractivity contribution in [1.82, 2.24) is 26.6 Å². The highest BCUT2D eigenvalue weighted by Crippen LogP contribution is 2.29. The highest BCUT2D eigenvalue weighted by Gasteiger charge is 2.30. The average Bonchev–Trinajstić information content (AvgIpc) is 3.34. The molecule has 1 aliphatic carbocycles. The molecule has 8 N–H and O–H groups in total. The second-order valence-electron chi connectivity index (χ2n) is 18.7. The molecule has 0 spiro atoms. The molecule has 0 heterocycles. The zero-order valence-electron chi connectivity index (χ0n) is 43.1. The molecule has 1 fully saturated rings. The number of ketones is 1. The van der Waals surface area contributed by atoms with Crippen LogP contribution < -0.4 is 26.6 Å². The number of unbranched alkanes of at least 4 members (excludes halogenated alkanes) is 15. The Bertz CT molecular complexity index is 1560. The van der Waals surface area contributed by atoms with Gasteiger partial charge < -0.3 is 60.9 Å². The van der Waals surface area contributed by atoms with E-state index in [0.29, 0.717) is 38.6 Å². The zero-order chi connectivity index (χ0) is 53.0. The van der Waals surface area contributed by atoms with Crippen LogP contribution in [0, 0.1) is 11.8 Å². The van der Waals surface area contributed by atoms with Crippen molar-refractivity contribution < 1.29 is 77.4 Å². The Hall–Kier alpha value is -4.73. The summed E-state index contributed by atoms with van der Waals surface area (Å²) in [7, 11) is 0. The lowest BCUT2D eigenvalue weighted by Gasteiger charge is -2.28. The van der Waals surface area contributed by atoms with E-state index < -0.39 is 60.1 Å². The van der Waals surface area contributed by atoms with Crippen molar-refractivity contribution in [3.63, 3.8) is 0 Å². The number of amides is 5. The van der Waals surface area contributed by atoms with E-state index in [1.807, 2.05) is 0 Å². The molecule has 0 aromatic rings. The molecule has 21 nitrogen and oxygen atoms in total. The van der Waals surface area contributed by atoms with Crippen molar-refractivity contribution in [2.24, 2.45) is 11.8 Å². The van der Waals surface area contributed by atoms with Gasteiger partial charge in [0.2, 0.25) is 29.5 Å². The fraction of sp³-hybridized carbons (Fsp3) is 0.824. The van der Waals surface area contributed by atoms with Gasteiger partial charge >= 0.3 is 17.9 Å². The quantitative estimate of drug-likeness (QED) is 0.0386. The van der Waals surface area contributed by atoms with Gasteiger partial charge in [-0.3, -0.25) is 38.4 Å². The third-order valence-corrected chi connectivity index (χ3v) is 12.3. The van der Waals surface area contributed by atoms with E-state index in [1.165, 1.54) is 71.1 Å². The van der Waals surface area contributed by atoms with Crippen molar-refractivity contribution in [2.45, 2.75) is 186 Å². The molecule has 1 aliphatic rings. The van der Waals surface area contributed by atoms with Crippen LogP contribution in [0.2, 0.25) is 0 Å². The fourth-order valence-corrected chi connectivity index (χ4v) is 8.14. The van der Waals surface area contributed by atoms with E-state index in [9.17, 15) is 53.4 Å². The van der Waals surface area contributed by atoms with Crippen molar-refractivity contribution >= 4 is 53.2 Å². The highest BCUT2D eigenvalue weighted by atomic mass is 16.5. The van der Waals surface area contributed by atoms with Gasteiger partial charge in [0.25, 0.3) is 0 Å². The molecule has 72 heavy (non-hydrogen) atoms. The number of carbonyl (C=O) groups excluding carboxylic acids is 6. The number of hydrogen-bond acceptors (Lipinski definition) is 13. The first-order chi connectivity index (χ1) is 34.7. The van der Waals surface area contributed by atoms with Gasteiger partial charge in [-0.15, -0.1) is 0 Å². The van der Waals surface area contributed by atoms with Gasteiger partial charge in [0, 0.05) is 51.2 Å². The van der Waals surface area contributed by atoms with E-state index in [2.05, 4.69) is 26.6 Å². The number of carboxylic acids is 3. The topological polar surface area (TPSA) is 311 Å². The molecular formula is C51H89N5O16. The van der Waals surface area contributed by atoms with Gasteiger partial charge in [-0.1, -0.05) is 89.9 Å². The Morgan fingerprint density at radius 1 is 0.458 bits per heavy atom. The SMILES string of the molecule is CC(=O)COCCOCCNC(=O)COCCOCCNC(=O)[C@H](CCC(=O)O)NC(=O)CC[C@H](NC(=O)C1CCC(CNC(=O)CCCCCCCCCCCCCCCCCCC(=O)O)CC1)C(=O)O. The molecule has 21 heteroatoms. The van der Waals surface area contributed by atoms with E-state index in [0.717, 1.165) is 38.5 Å². The molecule has 5 amide bonds. The highest BCUT2D eigenvalue weighted by molar-refractivity contribution is 5.89. The number of rotatable bonds is 48. The summed E-state index contributed by atoms with van der Waals surface area (Å²) in [4.78, 5) is 108. The molecule has 414 valence electrons. The van der Waals surface area contributed by atoms with E-state index in [-0.39, 0.29) is 115 Å². The predicted octanol–water partition coefficient (Wildman–Crippen LogP) is 4.60. The maximum Gasteiger partial charge on any atom is 0.326 e. The first kappa shape index (κ1) is 65.3. The van der Waals surface area contributed by atoms with Crippen molar-refractivity contribution in [3.8, 4) is 0 Å². The molecule has 1 rings (SSSR count). The van der Waals surface area contributed by atoms with Crippen LogP contribution in [0.5, 0.6) is 0 Å². The van der Waals surface area contributed by atoms with Gasteiger partial charge in [0.05, 0.1) is 39.6 Å². The lowest BCUT2D eigenvalue weighted by Crippen LogP contribution is -2.48. The molecular weight excluding hydrogens is 939 g/mol. The summed E-state index contributed by atoms with van der Waals surface area (Å²) in [5, 5.41) is 41.0. The van der Waals surface area contributed by atoms with Crippen LogP contribution in [0.4, 0.5) is 0 Å². The number of carbonyl (C=O) groups is 9. The van der Waals surface area contributed by atoms with Crippen LogP contribution in [0.15, 0.2) is 0 Å². The number of nitrogens with one attached hydrogen (secondary N) is 5. The van der Waals surface area contributed by atoms with Gasteiger partial charge in [-0.2, -0.15) is 0 Å². The Labute approximate surface area is 426 Å². The summed E-state index contributed by atoms with van der Waals surface area (Å²) >= 11 is 0. The molecule has 0 radical (unpaired) electrons. The number of ether oxygens (including phenoxy) is 4. The minimum atomic E-state index is -1.36. The number of hydrogen-bond donors (Lipinski definition) is 8. The van der Waals surface area contributed by atoms with E-state index >= 15 is 0 Å². The molecule has 0 saturated heterocycles. The second-order valence-corrected chi connectivity index (χ2v) is 18.7. The number of aliphatic carboxylic acids is 3. The fourth-order valence-electron chi connectivity index (χ4n) is 8.14. The molecule has 0 aromatic heterocycles. The standard InChI is InChI=1S/C51H89N5O16/c1-39(57)37-71-34-32-69-30-28-52-46(60)38-72-35-33-70-31-29-53-50(66)42(25-27-48(63)64)55-45(59)26-24-43(51(67)68)56-49(65)41-22-20-40(21-23-41)36-54-44(58)18-16-14-12-10-8-6-4-2-3-5-7-9-11-13-15-17-19-47(61)62/h40-43H,2-38H2,1H3,(H,52,60)(H,53,66)(H,54,58)(H,55,59)(H,56,65)(H,61,62)(H,63,64)(H,67,68)/t40?,41?,42-,43-/m0/s1. The van der Waals surface area contributed by atoms with Crippen LogP contribution in [0.3, 0.4) is 0 Å². The van der Waals surface area contributed by atoms with Crippen molar-refractivity contribution in [1.29, 1.82) is 0 Å². The maximum absolute atomic E-state index is 13.1. The monoisotopic (exact) mass is 1030 g/mol.